The highest BCUT2D eigenvalue weighted by Gasteiger charge is 2.20. The minimum atomic E-state index is -0.173. The van der Waals surface area contributed by atoms with Gasteiger partial charge in [-0.2, -0.15) is 0 Å². The summed E-state index contributed by atoms with van der Waals surface area (Å²) in [7, 11) is 0. The first kappa shape index (κ1) is 14.9. The van der Waals surface area contributed by atoms with Gasteiger partial charge in [-0.25, -0.2) is 4.79 Å². The van der Waals surface area contributed by atoms with E-state index < -0.39 is 0 Å². The molecule has 3 rings (SSSR count). The maximum Gasteiger partial charge on any atom is 0.315 e. The lowest BCUT2D eigenvalue weighted by Gasteiger charge is -2.26. The van der Waals surface area contributed by atoms with Gasteiger partial charge in [0.2, 0.25) is 0 Å². The Bertz CT molecular complexity index is 675. The molecule has 1 unspecified atom stereocenters. The molecule has 114 valence electrons. The number of fused-ring (bicyclic) bond motifs is 1. The normalized spacial score (nSPS) is 16.3. The third-order valence-electron chi connectivity index (χ3n) is 3.56. The number of hydrogen-bond donors (Lipinski definition) is 2. The van der Waals surface area contributed by atoms with E-state index in [-0.39, 0.29) is 12.1 Å². The van der Waals surface area contributed by atoms with E-state index in [1.165, 1.54) is 0 Å². The highest BCUT2D eigenvalue weighted by molar-refractivity contribution is 9.10. The van der Waals surface area contributed by atoms with Gasteiger partial charge in [-0.1, -0.05) is 46.3 Å². The summed E-state index contributed by atoms with van der Waals surface area (Å²) in [6, 6.07) is 15.6. The lowest BCUT2D eigenvalue weighted by Crippen LogP contribution is -2.47. The average molecular weight is 361 g/mol. The van der Waals surface area contributed by atoms with Gasteiger partial charge in [-0.05, 0) is 35.7 Å². The van der Waals surface area contributed by atoms with Crippen molar-refractivity contribution in [1.82, 2.24) is 10.6 Å². The second-order valence-corrected chi connectivity index (χ2v) is 6.19. The van der Waals surface area contributed by atoms with Crippen molar-refractivity contribution >= 4 is 22.0 Å². The summed E-state index contributed by atoms with van der Waals surface area (Å²) in [5, 5.41) is 5.83. The van der Waals surface area contributed by atoms with E-state index in [4.69, 9.17) is 4.74 Å². The smallest absolute Gasteiger partial charge is 0.315 e. The zero-order valence-electron chi connectivity index (χ0n) is 12.0. The fourth-order valence-electron chi connectivity index (χ4n) is 2.49. The molecule has 0 bridgehead atoms. The molecular weight excluding hydrogens is 344 g/mol. The summed E-state index contributed by atoms with van der Waals surface area (Å²) in [4.78, 5) is 12.0. The fraction of sp³-hybridized carbons (Fsp3) is 0.235. The number of urea groups is 1. The molecule has 2 amide bonds. The van der Waals surface area contributed by atoms with Crippen LogP contribution in [0.4, 0.5) is 4.79 Å². The number of ether oxygens (including phenoxy) is 1. The molecule has 0 aliphatic carbocycles. The fourth-order valence-corrected chi connectivity index (χ4v) is 2.93. The molecule has 0 saturated heterocycles. The molecule has 0 spiro atoms. The lowest BCUT2D eigenvalue weighted by molar-refractivity contribution is 0.214. The summed E-state index contributed by atoms with van der Waals surface area (Å²) in [6.07, 6.45) is 0.792. The third kappa shape index (κ3) is 3.80. The number of carbonyl (C=O) groups is 1. The lowest BCUT2D eigenvalue weighted by atomic mass is 10.0. The van der Waals surface area contributed by atoms with Gasteiger partial charge in [0.15, 0.2) is 0 Å². The molecule has 0 fully saturated rings. The van der Waals surface area contributed by atoms with Crippen molar-refractivity contribution in [1.29, 1.82) is 0 Å². The van der Waals surface area contributed by atoms with Gasteiger partial charge in [0.25, 0.3) is 0 Å². The molecular formula is C17H17BrN2O2. The van der Waals surface area contributed by atoms with Crippen LogP contribution in [0.25, 0.3) is 0 Å². The Morgan fingerprint density at radius 3 is 2.95 bits per heavy atom. The summed E-state index contributed by atoms with van der Waals surface area (Å²) in [5.41, 5.74) is 2.18. The molecule has 0 aromatic heterocycles. The molecule has 22 heavy (non-hydrogen) atoms. The van der Waals surface area contributed by atoms with Crippen LogP contribution < -0.4 is 15.4 Å². The van der Waals surface area contributed by atoms with Crippen molar-refractivity contribution in [3.63, 3.8) is 0 Å². The molecule has 2 aromatic carbocycles. The molecule has 0 radical (unpaired) electrons. The quantitative estimate of drug-likeness (QED) is 0.882. The van der Waals surface area contributed by atoms with Crippen LogP contribution in [-0.2, 0) is 13.0 Å². The zero-order chi connectivity index (χ0) is 15.4. The standard InChI is InChI=1S/C17H17BrN2O2/c18-14-6-3-4-12(8-14)10-19-17(21)20-15-9-13-5-1-2-7-16(13)22-11-15/h1-8,15H,9-11H2,(H2,19,20,21). The van der Waals surface area contributed by atoms with E-state index in [1.807, 2.05) is 48.5 Å². The third-order valence-corrected chi connectivity index (χ3v) is 4.05. The van der Waals surface area contributed by atoms with Crippen LogP contribution in [0.5, 0.6) is 5.75 Å². The van der Waals surface area contributed by atoms with Gasteiger partial charge < -0.3 is 15.4 Å². The van der Waals surface area contributed by atoms with E-state index >= 15 is 0 Å². The maximum atomic E-state index is 12.0. The number of rotatable bonds is 3. The van der Waals surface area contributed by atoms with Crippen LogP contribution in [-0.4, -0.2) is 18.7 Å². The van der Waals surface area contributed by atoms with Gasteiger partial charge in [0.1, 0.15) is 12.4 Å². The second-order valence-electron chi connectivity index (χ2n) is 5.28. The molecule has 0 saturated carbocycles. The van der Waals surface area contributed by atoms with E-state index in [2.05, 4.69) is 26.6 Å². The Balaban J connectivity index is 1.50. The molecule has 5 heteroatoms. The van der Waals surface area contributed by atoms with E-state index in [0.29, 0.717) is 13.2 Å². The zero-order valence-corrected chi connectivity index (χ0v) is 13.6. The van der Waals surface area contributed by atoms with E-state index in [9.17, 15) is 4.79 Å². The molecule has 1 atom stereocenters. The number of amides is 2. The van der Waals surface area contributed by atoms with Crippen LogP contribution in [0.15, 0.2) is 53.0 Å². The first-order chi connectivity index (χ1) is 10.7. The summed E-state index contributed by atoms with van der Waals surface area (Å²) in [5.74, 6) is 0.912. The second kappa shape index (κ2) is 6.83. The predicted octanol–water partition coefficient (Wildman–Crippen LogP) is 3.25. The van der Waals surface area contributed by atoms with Crippen LogP contribution in [0.3, 0.4) is 0 Å². The van der Waals surface area contributed by atoms with Gasteiger partial charge in [0.05, 0.1) is 6.04 Å². The number of benzene rings is 2. The monoisotopic (exact) mass is 360 g/mol. The summed E-state index contributed by atoms with van der Waals surface area (Å²) >= 11 is 3.42. The van der Waals surface area contributed by atoms with Crippen LogP contribution in [0.2, 0.25) is 0 Å². The van der Waals surface area contributed by atoms with Crippen LogP contribution in [0.1, 0.15) is 11.1 Å². The Hall–Kier alpha value is -2.01. The molecule has 1 aliphatic rings. The first-order valence-corrected chi connectivity index (χ1v) is 7.99. The van der Waals surface area contributed by atoms with Crippen molar-refractivity contribution in [3.05, 3.63) is 64.1 Å². The van der Waals surface area contributed by atoms with Crippen molar-refractivity contribution < 1.29 is 9.53 Å². The number of halogens is 1. The van der Waals surface area contributed by atoms with Crippen molar-refractivity contribution in [2.45, 2.75) is 19.0 Å². The number of para-hydroxylation sites is 1. The topological polar surface area (TPSA) is 50.4 Å². The Morgan fingerprint density at radius 2 is 2.09 bits per heavy atom. The van der Waals surface area contributed by atoms with Gasteiger partial charge in [0, 0.05) is 11.0 Å². The predicted molar refractivity (Wildman–Crippen MR) is 88.9 cm³/mol. The minimum Gasteiger partial charge on any atom is -0.491 e. The largest absolute Gasteiger partial charge is 0.491 e. The van der Waals surface area contributed by atoms with Crippen molar-refractivity contribution in [3.8, 4) is 5.75 Å². The van der Waals surface area contributed by atoms with E-state index in [1.54, 1.807) is 0 Å². The molecule has 2 N–H and O–H groups in total. The Morgan fingerprint density at radius 1 is 1.23 bits per heavy atom. The Kier molecular flexibility index (Phi) is 4.63. The Labute approximate surface area is 138 Å². The first-order valence-electron chi connectivity index (χ1n) is 7.20. The summed E-state index contributed by atoms with van der Waals surface area (Å²) in [6.45, 7) is 0.997. The minimum absolute atomic E-state index is 0.00240. The summed E-state index contributed by atoms with van der Waals surface area (Å²) < 4.78 is 6.67. The molecule has 1 aliphatic heterocycles. The van der Waals surface area contributed by atoms with Gasteiger partial charge >= 0.3 is 6.03 Å². The maximum absolute atomic E-state index is 12.0. The van der Waals surface area contributed by atoms with Crippen LogP contribution in [0, 0.1) is 0 Å². The van der Waals surface area contributed by atoms with Crippen LogP contribution >= 0.6 is 15.9 Å². The van der Waals surface area contributed by atoms with Crippen molar-refractivity contribution in [2.75, 3.05) is 6.61 Å². The van der Waals surface area contributed by atoms with Crippen molar-refractivity contribution in [2.24, 2.45) is 0 Å². The number of hydrogen-bond acceptors (Lipinski definition) is 2. The van der Waals surface area contributed by atoms with Gasteiger partial charge in [-0.15, -0.1) is 0 Å². The average Bonchev–Trinajstić information content (AvgIpc) is 2.53. The van der Waals surface area contributed by atoms with Gasteiger partial charge in [-0.3, -0.25) is 0 Å². The molecule has 4 nitrogen and oxygen atoms in total. The number of carbonyl (C=O) groups excluding carboxylic acids is 1. The highest BCUT2D eigenvalue weighted by atomic mass is 79.9. The van der Waals surface area contributed by atoms with E-state index in [0.717, 1.165) is 27.8 Å². The SMILES string of the molecule is O=C(NCc1cccc(Br)c1)NC1COc2ccccc2C1. The molecule has 2 aromatic rings. The highest BCUT2D eigenvalue weighted by Crippen LogP contribution is 2.23. The molecule has 1 heterocycles. The number of nitrogens with one attached hydrogen (secondary N) is 2.